The topological polar surface area (TPSA) is 62.0 Å². The van der Waals surface area contributed by atoms with Crippen molar-refractivity contribution < 1.29 is 9.15 Å². The summed E-state index contributed by atoms with van der Waals surface area (Å²) in [6, 6.07) is 23.3. The largest absolute Gasteiger partial charge is 0.493 e. The fourth-order valence-corrected chi connectivity index (χ4v) is 4.47. The first-order valence-corrected chi connectivity index (χ1v) is 11.5. The predicted octanol–water partition coefficient (Wildman–Crippen LogP) is 4.78. The summed E-state index contributed by atoms with van der Waals surface area (Å²) >= 11 is 0. The molecule has 1 aromatic heterocycles. The molecule has 0 spiro atoms. The summed E-state index contributed by atoms with van der Waals surface area (Å²) in [5, 5.41) is 7.38. The first-order chi connectivity index (χ1) is 15.8. The third-order valence-electron chi connectivity index (χ3n) is 6.13. The van der Waals surface area contributed by atoms with E-state index in [1.165, 1.54) is 11.3 Å². The van der Waals surface area contributed by atoms with Crippen molar-refractivity contribution in [3.05, 3.63) is 84.3 Å². The monoisotopic (exact) mass is 558 g/mol. The van der Waals surface area contributed by atoms with Gasteiger partial charge in [0.05, 0.1) is 18.9 Å². The third kappa shape index (κ3) is 6.01. The Morgan fingerprint density at radius 2 is 1.82 bits per heavy atom. The van der Waals surface area contributed by atoms with Gasteiger partial charge in [-0.1, -0.05) is 36.4 Å². The van der Waals surface area contributed by atoms with E-state index in [0.29, 0.717) is 19.2 Å². The number of nitrogens with zero attached hydrogens (tertiary/aromatic N) is 2. The van der Waals surface area contributed by atoms with Crippen molar-refractivity contribution in [2.24, 2.45) is 4.99 Å². The second-order valence-electron chi connectivity index (χ2n) is 8.34. The number of fused-ring (bicyclic) bond motifs is 1. The number of ether oxygens (including phenoxy) is 1. The number of anilines is 1. The standard InChI is InChI=1S/C26H30N4O2.HI/c1-2-7-21(8-3-1)30-16-13-20(19-30)28-26(27-15-12-22-9-6-17-31-22)29-24-14-18-32-25-11-5-4-10-23(24)25;/h1-11,17,20,24H,12-16,18-19H2,(H2,27,28,29);1H. The van der Waals surface area contributed by atoms with Crippen LogP contribution < -0.4 is 20.3 Å². The molecular weight excluding hydrogens is 527 g/mol. The molecule has 1 saturated heterocycles. The maximum atomic E-state index is 5.84. The number of nitrogens with one attached hydrogen (secondary N) is 2. The molecule has 5 rings (SSSR count). The lowest BCUT2D eigenvalue weighted by molar-refractivity contribution is 0.261. The van der Waals surface area contributed by atoms with E-state index in [2.05, 4.69) is 58.0 Å². The fraction of sp³-hybridized carbons (Fsp3) is 0.346. The van der Waals surface area contributed by atoms with E-state index in [-0.39, 0.29) is 30.0 Å². The van der Waals surface area contributed by atoms with Crippen molar-refractivity contribution >= 4 is 35.6 Å². The molecule has 0 saturated carbocycles. The van der Waals surface area contributed by atoms with E-state index in [4.69, 9.17) is 14.1 Å². The highest BCUT2D eigenvalue weighted by Crippen LogP contribution is 2.31. The summed E-state index contributed by atoms with van der Waals surface area (Å²) in [7, 11) is 0. The van der Waals surface area contributed by atoms with E-state index >= 15 is 0 Å². The molecule has 0 radical (unpaired) electrons. The molecular formula is C26H31IN4O2. The van der Waals surface area contributed by atoms with E-state index < -0.39 is 0 Å². The van der Waals surface area contributed by atoms with Crippen molar-refractivity contribution in [1.29, 1.82) is 0 Å². The lowest BCUT2D eigenvalue weighted by atomic mass is 10.0. The van der Waals surface area contributed by atoms with Gasteiger partial charge in [-0.15, -0.1) is 24.0 Å². The maximum absolute atomic E-state index is 5.84. The van der Waals surface area contributed by atoms with Gasteiger partial charge < -0.3 is 24.7 Å². The van der Waals surface area contributed by atoms with Crippen molar-refractivity contribution in [2.45, 2.75) is 31.3 Å². The van der Waals surface area contributed by atoms with Gasteiger partial charge in [-0.3, -0.25) is 4.99 Å². The maximum Gasteiger partial charge on any atom is 0.192 e. The number of benzene rings is 2. The van der Waals surface area contributed by atoms with Crippen LogP contribution in [0.15, 0.2) is 82.4 Å². The molecule has 33 heavy (non-hydrogen) atoms. The summed E-state index contributed by atoms with van der Waals surface area (Å²) in [5.74, 6) is 2.78. The molecule has 2 aliphatic rings. The number of para-hydroxylation sites is 2. The Labute approximate surface area is 212 Å². The number of aliphatic imine (C=N–C) groups is 1. The van der Waals surface area contributed by atoms with Gasteiger partial charge >= 0.3 is 0 Å². The quantitative estimate of drug-likeness (QED) is 0.259. The van der Waals surface area contributed by atoms with Gasteiger partial charge in [0.2, 0.25) is 0 Å². The molecule has 3 heterocycles. The molecule has 2 unspecified atom stereocenters. The molecule has 2 atom stereocenters. The van der Waals surface area contributed by atoms with Gasteiger partial charge in [0.25, 0.3) is 0 Å². The third-order valence-corrected chi connectivity index (χ3v) is 6.13. The van der Waals surface area contributed by atoms with Crippen LogP contribution in [0.25, 0.3) is 0 Å². The number of hydrogen-bond acceptors (Lipinski definition) is 4. The van der Waals surface area contributed by atoms with Crippen LogP contribution >= 0.6 is 24.0 Å². The minimum absolute atomic E-state index is 0. The van der Waals surface area contributed by atoms with Crippen molar-refractivity contribution in [3.8, 4) is 5.75 Å². The van der Waals surface area contributed by atoms with E-state index in [0.717, 1.165) is 49.8 Å². The van der Waals surface area contributed by atoms with Crippen LogP contribution in [0.2, 0.25) is 0 Å². The van der Waals surface area contributed by atoms with Crippen LogP contribution in [-0.4, -0.2) is 38.2 Å². The van der Waals surface area contributed by atoms with Gasteiger partial charge in [0.1, 0.15) is 11.5 Å². The van der Waals surface area contributed by atoms with Crippen LogP contribution in [0, 0.1) is 0 Å². The molecule has 1 fully saturated rings. The lowest BCUT2D eigenvalue weighted by Gasteiger charge is -2.29. The zero-order chi connectivity index (χ0) is 21.6. The van der Waals surface area contributed by atoms with E-state index in [1.807, 2.05) is 24.3 Å². The van der Waals surface area contributed by atoms with E-state index in [9.17, 15) is 0 Å². The number of hydrogen-bond donors (Lipinski definition) is 2. The highest BCUT2D eigenvalue weighted by atomic mass is 127. The number of guanidine groups is 1. The molecule has 3 aromatic rings. The molecule has 174 valence electrons. The molecule has 0 amide bonds. The smallest absolute Gasteiger partial charge is 0.192 e. The van der Waals surface area contributed by atoms with Gasteiger partial charge in [0, 0.05) is 49.8 Å². The first kappa shape index (κ1) is 23.5. The summed E-state index contributed by atoms with van der Waals surface area (Å²) in [6.07, 6.45) is 4.49. The average molecular weight is 558 g/mol. The molecule has 7 heteroatoms. The molecule has 2 N–H and O–H groups in total. The highest BCUT2D eigenvalue weighted by Gasteiger charge is 2.26. The Kier molecular flexibility index (Phi) is 8.15. The molecule has 0 bridgehead atoms. The Hall–Kier alpha value is -2.68. The van der Waals surface area contributed by atoms with Crippen LogP contribution in [0.4, 0.5) is 5.69 Å². The Bertz CT molecular complexity index is 1030. The molecule has 2 aliphatic heterocycles. The van der Waals surface area contributed by atoms with Crippen molar-refractivity contribution in [3.63, 3.8) is 0 Å². The predicted molar refractivity (Wildman–Crippen MR) is 143 cm³/mol. The minimum Gasteiger partial charge on any atom is -0.493 e. The number of halogens is 1. The van der Waals surface area contributed by atoms with Crippen LogP contribution in [0.3, 0.4) is 0 Å². The second-order valence-corrected chi connectivity index (χ2v) is 8.34. The average Bonchev–Trinajstić information content (AvgIpc) is 3.52. The number of furan rings is 1. The minimum atomic E-state index is 0. The normalized spacial score (nSPS) is 19.9. The first-order valence-electron chi connectivity index (χ1n) is 11.5. The summed E-state index contributed by atoms with van der Waals surface area (Å²) in [6.45, 7) is 3.39. The summed E-state index contributed by atoms with van der Waals surface area (Å²) in [4.78, 5) is 7.33. The van der Waals surface area contributed by atoms with Crippen molar-refractivity contribution in [1.82, 2.24) is 10.6 Å². The van der Waals surface area contributed by atoms with Gasteiger partial charge in [-0.05, 0) is 36.8 Å². The van der Waals surface area contributed by atoms with Gasteiger partial charge in [0.15, 0.2) is 5.96 Å². The van der Waals surface area contributed by atoms with E-state index in [1.54, 1.807) is 6.26 Å². The molecule has 0 aliphatic carbocycles. The highest BCUT2D eigenvalue weighted by molar-refractivity contribution is 14.0. The van der Waals surface area contributed by atoms with Crippen LogP contribution in [0.5, 0.6) is 5.75 Å². The zero-order valence-electron chi connectivity index (χ0n) is 18.7. The fourth-order valence-electron chi connectivity index (χ4n) is 4.47. The van der Waals surface area contributed by atoms with Gasteiger partial charge in [-0.2, -0.15) is 0 Å². The Morgan fingerprint density at radius 1 is 0.970 bits per heavy atom. The molecule has 2 aromatic carbocycles. The Morgan fingerprint density at radius 3 is 2.67 bits per heavy atom. The zero-order valence-corrected chi connectivity index (χ0v) is 21.0. The van der Waals surface area contributed by atoms with Gasteiger partial charge in [-0.25, -0.2) is 0 Å². The number of rotatable bonds is 6. The SMILES string of the molecule is I.c1ccc(N2CCC(NC(=NCCc3ccco3)NC3CCOc4ccccc43)C2)cc1. The van der Waals surface area contributed by atoms with Crippen molar-refractivity contribution in [2.75, 3.05) is 31.1 Å². The second kappa shape index (κ2) is 11.4. The Balaban J connectivity index is 0.00000259. The van der Waals surface area contributed by atoms with Crippen LogP contribution in [-0.2, 0) is 6.42 Å². The van der Waals surface area contributed by atoms with Crippen LogP contribution in [0.1, 0.15) is 30.2 Å². The molecule has 6 nitrogen and oxygen atoms in total. The lowest BCUT2D eigenvalue weighted by Crippen LogP contribution is -2.46. The summed E-state index contributed by atoms with van der Waals surface area (Å²) in [5.41, 5.74) is 2.47. The summed E-state index contributed by atoms with van der Waals surface area (Å²) < 4.78 is 11.3.